The minimum Gasteiger partial charge on any atom is -0.487 e. The molecule has 2 aromatic carbocycles. The van der Waals surface area contributed by atoms with Gasteiger partial charge in [-0.3, -0.25) is 4.98 Å². The van der Waals surface area contributed by atoms with Gasteiger partial charge >= 0.3 is 0 Å². The number of nitrogens with one attached hydrogen (secondary N) is 1. The molecular weight excluding hydrogens is 517 g/mol. The number of benzene rings is 2. The standard InChI is InChI=1S/C34H40FN3O3/c1-23(2)37-24(3)41-27-14-15-32-30(20-27)28(29-8-6-17-36-31(29)21-40-32)9-7-18-38-19-16-34(39,33(4,5)22-38)25-10-12-26(35)13-11-25/h6,8-15,17,20,23,37,39H,3,7,16,18-19,21-22H2,1-2,4-5H3/b28-9+/t34-/m0/s1. The molecule has 6 nitrogen and oxygen atoms in total. The molecule has 216 valence electrons. The van der Waals surface area contributed by atoms with E-state index in [1.165, 1.54) is 12.1 Å². The third-order valence-corrected chi connectivity index (χ3v) is 8.12. The minimum atomic E-state index is -1.01. The van der Waals surface area contributed by atoms with Crippen LogP contribution in [-0.2, 0) is 12.2 Å². The molecule has 1 fully saturated rings. The molecule has 2 aliphatic rings. The molecule has 2 aliphatic heterocycles. The number of hydrogen-bond donors (Lipinski definition) is 2. The van der Waals surface area contributed by atoms with E-state index < -0.39 is 11.0 Å². The molecule has 1 atom stereocenters. The maximum Gasteiger partial charge on any atom is 0.186 e. The van der Waals surface area contributed by atoms with Crippen molar-refractivity contribution >= 4 is 5.57 Å². The van der Waals surface area contributed by atoms with Crippen LogP contribution in [0.4, 0.5) is 4.39 Å². The number of hydrogen-bond acceptors (Lipinski definition) is 6. The van der Waals surface area contributed by atoms with Crippen molar-refractivity contribution in [2.45, 2.75) is 58.8 Å². The number of likely N-dealkylation sites (tertiary alicyclic amines) is 1. The summed E-state index contributed by atoms with van der Waals surface area (Å²) in [5.41, 5.74) is 3.31. The number of nitrogens with zero attached hydrogens (tertiary/aromatic N) is 2. The molecule has 0 amide bonds. The van der Waals surface area contributed by atoms with Crippen LogP contribution in [-0.4, -0.2) is 40.7 Å². The number of piperidine rings is 1. The first kappa shape index (κ1) is 28.8. The molecule has 0 aliphatic carbocycles. The highest BCUT2D eigenvalue weighted by molar-refractivity contribution is 5.85. The lowest BCUT2D eigenvalue weighted by atomic mass is 9.66. The lowest BCUT2D eigenvalue weighted by Crippen LogP contribution is -2.55. The second-order valence-electron chi connectivity index (χ2n) is 12.0. The normalized spacial score (nSPS) is 21.0. The van der Waals surface area contributed by atoms with E-state index >= 15 is 0 Å². The third-order valence-electron chi connectivity index (χ3n) is 8.12. The van der Waals surface area contributed by atoms with Crippen LogP contribution >= 0.6 is 0 Å². The Kier molecular flexibility index (Phi) is 8.20. The zero-order valence-electron chi connectivity index (χ0n) is 24.4. The Bertz CT molecular complexity index is 1430. The zero-order valence-corrected chi connectivity index (χ0v) is 24.4. The molecule has 0 spiro atoms. The van der Waals surface area contributed by atoms with E-state index in [0.29, 0.717) is 24.7 Å². The highest BCUT2D eigenvalue weighted by Gasteiger charge is 2.48. The van der Waals surface area contributed by atoms with Gasteiger partial charge < -0.3 is 24.8 Å². The summed E-state index contributed by atoms with van der Waals surface area (Å²) in [5.74, 6) is 1.67. The van der Waals surface area contributed by atoms with Crippen LogP contribution < -0.4 is 14.8 Å². The molecule has 3 heterocycles. The maximum absolute atomic E-state index is 13.5. The number of aromatic nitrogens is 1. The van der Waals surface area contributed by atoms with Crippen LogP contribution in [0.1, 0.15) is 62.9 Å². The fourth-order valence-electron chi connectivity index (χ4n) is 5.98. The quantitative estimate of drug-likeness (QED) is 0.313. The number of halogens is 1. The van der Waals surface area contributed by atoms with Crippen LogP contribution in [0.5, 0.6) is 11.5 Å². The molecule has 41 heavy (non-hydrogen) atoms. The summed E-state index contributed by atoms with van der Waals surface area (Å²) < 4.78 is 25.7. The van der Waals surface area contributed by atoms with E-state index in [1.54, 1.807) is 18.3 Å². The summed E-state index contributed by atoms with van der Waals surface area (Å²) in [6.07, 6.45) is 5.44. The maximum atomic E-state index is 13.5. The number of fused-ring (bicyclic) bond motifs is 2. The lowest BCUT2D eigenvalue weighted by Gasteiger charge is -2.50. The van der Waals surface area contributed by atoms with E-state index in [4.69, 9.17) is 9.47 Å². The van der Waals surface area contributed by atoms with Crippen LogP contribution in [0.2, 0.25) is 0 Å². The van der Waals surface area contributed by atoms with Crippen LogP contribution in [0, 0.1) is 11.2 Å². The lowest BCUT2D eigenvalue weighted by molar-refractivity contribution is -0.125. The van der Waals surface area contributed by atoms with Gasteiger partial charge in [0.2, 0.25) is 0 Å². The summed E-state index contributed by atoms with van der Waals surface area (Å²) in [4.78, 5) is 7.00. The number of rotatable bonds is 8. The van der Waals surface area contributed by atoms with E-state index in [2.05, 4.69) is 47.8 Å². The summed E-state index contributed by atoms with van der Waals surface area (Å²) in [7, 11) is 0. The largest absolute Gasteiger partial charge is 0.487 e. The van der Waals surface area contributed by atoms with E-state index in [1.807, 2.05) is 38.1 Å². The average molecular weight is 558 g/mol. The molecule has 5 rings (SSSR count). The smallest absolute Gasteiger partial charge is 0.186 e. The van der Waals surface area contributed by atoms with Crippen molar-refractivity contribution in [3.8, 4) is 11.5 Å². The van der Waals surface area contributed by atoms with E-state index in [9.17, 15) is 9.50 Å². The van der Waals surface area contributed by atoms with Gasteiger partial charge in [0.05, 0.1) is 11.3 Å². The summed E-state index contributed by atoms with van der Waals surface area (Å²) in [5, 5.41) is 14.9. The number of ether oxygens (including phenoxy) is 2. The minimum absolute atomic E-state index is 0.214. The highest BCUT2D eigenvalue weighted by Crippen LogP contribution is 2.46. The van der Waals surface area contributed by atoms with Gasteiger partial charge in [0.15, 0.2) is 5.88 Å². The van der Waals surface area contributed by atoms with E-state index in [-0.39, 0.29) is 11.9 Å². The molecule has 2 N–H and O–H groups in total. The summed E-state index contributed by atoms with van der Waals surface area (Å²) in [6, 6.07) is 16.4. The molecule has 0 bridgehead atoms. The average Bonchev–Trinajstić information content (AvgIpc) is 3.07. The van der Waals surface area contributed by atoms with Crippen molar-refractivity contribution in [3.63, 3.8) is 0 Å². The summed E-state index contributed by atoms with van der Waals surface area (Å²) in [6.45, 7) is 15.0. The summed E-state index contributed by atoms with van der Waals surface area (Å²) >= 11 is 0. The first-order chi connectivity index (χ1) is 19.6. The first-order valence-corrected chi connectivity index (χ1v) is 14.3. The Morgan fingerprint density at radius 3 is 2.71 bits per heavy atom. The van der Waals surface area contributed by atoms with Crippen LogP contribution in [0.3, 0.4) is 0 Å². The molecule has 3 aromatic rings. The topological polar surface area (TPSA) is 66.9 Å². The molecule has 7 heteroatoms. The monoisotopic (exact) mass is 557 g/mol. The Labute approximate surface area is 242 Å². The van der Waals surface area contributed by atoms with Gasteiger partial charge in [0, 0.05) is 48.4 Å². The van der Waals surface area contributed by atoms with Gasteiger partial charge in [-0.05, 0) is 80.8 Å². The van der Waals surface area contributed by atoms with Gasteiger partial charge in [-0.2, -0.15) is 0 Å². The van der Waals surface area contributed by atoms with E-state index in [0.717, 1.165) is 59.8 Å². The van der Waals surface area contributed by atoms with Gasteiger partial charge in [0.25, 0.3) is 0 Å². The van der Waals surface area contributed by atoms with Crippen LogP contribution in [0.25, 0.3) is 5.57 Å². The number of pyridine rings is 1. The predicted molar refractivity (Wildman–Crippen MR) is 160 cm³/mol. The second kappa shape index (κ2) is 11.7. The van der Waals surface area contributed by atoms with Crippen molar-refractivity contribution in [2.24, 2.45) is 5.41 Å². The predicted octanol–water partition coefficient (Wildman–Crippen LogP) is 6.40. The van der Waals surface area contributed by atoms with Crippen molar-refractivity contribution in [2.75, 3.05) is 19.6 Å². The number of aliphatic hydroxyl groups is 1. The molecule has 0 saturated carbocycles. The Morgan fingerprint density at radius 2 is 1.98 bits per heavy atom. The van der Waals surface area contributed by atoms with Gasteiger partial charge in [-0.15, -0.1) is 0 Å². The SMILES string of the molecule is C=C(NC(C)C)Oc1ccc2c(c1)/C(=C/CCN1CC[C@](O)(c3ccc(F)cc3)C(C)(C)C1)c1cccnc1CO2. The third kappa shape index (κ3) is 6.16. The van der Waals surface area contributed by atoms with Gasteiger partial charge in [0.1, 0.15) is 23.9 Å². The van der Waals surface area contributed by atoms with Gasteiger partial charge in [-0.1, -0.05) is 38.1 Å². The van der Waals surface area contributed by atoms with Crippen molar-refractivity contribution < 1.29 is 19.0 Å². The van der Waals surface area contributed by atoms with Crippen molar-refractivity contribution in [1.29, 1.82) is 0 Å². The molecule has 0 unspecified atom stereocenters. The highest BCUT2D eigenvalue weighted by atomic mass is 19.1. The second-order valence-corrected chi connectivity index (χ2v) is 12.0. The molecule has 1 saturated heterocycles. The Balaban J connectivity index is 1.36. The zero-order chi connectivity index (χ0) is 29.2. The molecule has 1 aromatic heterocycles. The van der Waals surface area contributed by atoms with Gasteiger partial charge in [-0.25, -0.2) is 4.39 Å². The fraction of sp³-hybridized carbons (Fsp3) is 0.382. The Morgan fingerprint density at radius 1 is 1.20 bits per heavy atom. The Hall–Kier alpha value is -3.68. The molecule has 0 radical (unpaired) electrons. The van der Waals surface area contributed by atoms with Crippen molar-refractivity contribution in [1.82, 2.24) is 15.2 Å². The first-order valence-electron chi connectivity index (χ1n) is 14.3. The molecular formula is C34H40FN3O3. The van der Waals surface area contributed by atoms with Crippen LogP contribution in [0.15, 0.2) is 79.3 Å². The van der Waals surface area contributed by atoms with Crippen molar-refractivity contribution in [3.05, 3.63) is 108 Å². The fourth-order valence-corrected chi connectivity index (χ4v) is 5.98.